The van der Waals surface area contributed by atoms with Gasteiger partial charge >= 0.3 is 0 Å². The summed E-state index contributed by atoms with van der Waals surface area (Å²) in [5.74, 6) is 0. The third-order valence-electron chi connectivity index (χ3n) is 9.84. The molecule has 0 aliphatic heterocycles. The van der Waals surface area contributed by atoms with E-state index in [0.29, 0.717) is 0 Å². The quantitative estimate of drug-likeness (QED) is 0.163. The Morgan fingerprint density at radius 1 is 0.288 bits per heavy atom. The van der Waals surface area contributed by atoms with Crippen molar-refractivity contribution in [2.24, 2.45) is 0 Å². The van der Waals surface area contributed by atoms with Crippen LogP contribution in [0.5, 0.6) is 0 Å². The van der Waals surface area contributed by atoms with Crippen molar-refractivity contribution in [2.75, 3.05) is 9.80 Å². The average Bonchev–Trinajstić information content (AvgIpc) is 3.79. The Bertz CT molecular complexity index is 2800. The first-order chi connectivity index (χ1) is 25.8. The van der Waals surface area contributed by atoms with Gasteiger partial charge in [0.05, 0.1) is 11.4 Å². The number of hydrogen-bond acceptors (Lipinski definition) is 4. The van der Waals surface area contributed by atoms with Crippen molar-refractivity contribution in [1.82, 2.24) is 0 Å². The zero-order chi connectivity index (χ0) is 34.4. The fraction of sp³-hybridized carbons (Fsp3) is 0. The maximum atomic E-state index is 2.46. The molecule has 0 saturated carbocycles. The van der Waals surface area contributed by atoms with Gasteiger partial charge in [-0.3, -0.25) is 0 Å². The van der Waals surface area contributed by atoms with Gasteiger partial charge in [0, 0.05) is 63.1 Å². The van der Waals surface area contributed by atoms with Crippen LogP contribution in [0.3, 0.4) is 0 Å². The largest absolute Gasteiger partial charge is 0.310 e. The molecule has 0 N–H and O–H groups in total. The van der Waals surface area contributed by atoms with Crippen molar-refractivity contribution in [2.45, 2.75) is 0 Å². The molecule has 4 heteroatoms. The van der Waals surface area contributed by atoms with Crippen LogP contribution in [-0.4, -0.2) is 0 Å². The molecule has 246 valence electrons. The van der Waals surface area contributed by atoms with Gasteiger partial charge in [0.25, 0.3) is 0 Å². The average molecular weight is 701 g/mol. The van der Waals surface area contributed by atoms with Gasteiger partial charge < -0.3 is 9.80 Å². The smallest absolute Gasteiger partial charge is 0.0555 e. The van der Waals surface area contributed by atoms with E-state index in [1.165, 1.54) is 51.5 Å². The molecule has 0 aliphatic carbocycles. The minimum Gasteiger partial charge on any atom is -0.310 e. The predicted octanol–water partition coefficient (Wildman–Crippen LogP) is 15.0. The zero-order valence-electron chi connectivity index (χ0n) is 28.2. The SMILES string of the molecule is c1ccc(-c2ccc(N(c3ccc4sc5ccccc5c4c3)c3cccc4sc5cccc(N(c6ccccc6)c6ccccc6)c5c34)cc2)cc1. The molecular formula is C48H32N2S2. The number of anilines is 6. The van der Waals surface area contributed by atoms with Crippen LogP contribution < -0.4 is 9.80 Å². The second-order valence-electron chi connectivity index (χ2n) is 12.9. The summed E-state index contributed by atoms with van der Waals surface area (Å²) >= 11 is 3.72. The summed E-state index contributed by atoms with van der Waals surface area (Å²) in [6, 6.07) is 70.3. The second-order valence-corrected chi connectivity index (χ2v) is 15.1. The molecule has 2 aromatic heterocycles. The summed E-state index contributed by atoms with van der Waals surface area (Å²) in [6.45, 7) is 0. The summed E-state index contributed by atoms with van der Waals surface area (Å²) in [4.78, 5) is 4.86. The molecule has 52 heavy (non-hydrogen) atoms. The molecule has 10 aromatic rings. The predicted molar refractivity (Wildman–Crippen MR) is 227 cm³/mol. The molecule has 0 atom stereocenters. The van der Waals surface area contributed by atoms with Crippen LogP contribution >= 0.6 is 22.7 Å². The van der Waals surface area contributed by atoms with Gasteiger partial charge in [-0.2, -0.15) is 0 Å². The third kappa shape index (κ3) is 5.24. The molecule has 0 unspecified atom stereocenters. The maximum absolute atomic E-state index is 2.46. The first kappa shape index (κ1) is 30.6. The molecule has 0 amide bonds. The Kier molecular flexibility index (Phi) is 7.56. The fourth-order valence-corrected chi connectivity index (χ4v) is 9.73. The van der Waals surface area contributed by atoms with Crippen molar-refractivity contribution in [1.29, 1.82) is 0 Å². The normalized spacial score (nSPS) is 11.5. The Labute approximate surface area is 310 Å². The summed E-state index contributed by atoms with van der Waals surface area (Å²) in [5.41, 5.74) is 9.23. The highest BCUT2D eigenvalue weighted by Crippen LogP contribution is 2.50. The van der Waals surface area contributed by atoms with Crippen LogP contribution in [0.2, 0.25) is 0 Å². The number of thiophene rings is 2. The van der Waals surface area contributed by atoms with Gasteiger partial charge in [-0.1, -0.05) is 109 Å². The number of nitrogens with zero attached hydrogens (tertiary/aromatic N) is 2. The molecule has 2 nitrogen and oxygen atoms in total. The van der Waals surface area contributed by atoms with Gasteiger partial charge in [0.2, 0.25) is 0 Å². The highest BCUT2D eigenvalue weighted by atomic mass is 32.1. The Hall–Kier alpha value is -6.20. The number of rotatable bonds is 7. The summed E-state index contributed by atoms with van der Waals surface area (Å²) in [6.07, 6.45) is 0. The van der Waals surface area contributed by atoms with E-state index in [0.717, 1.165) is 34.1 Å². The van der Waals surface area contributed by atoms with Crippen LogP contribution in [-0.2, 0) is 0 Å². The van der Waals surface area contributed by atoms with Gasteiger partial charge in [-0.25, -0.2) is 0 Å². The molecule has 8 aromatic carbocycles. The third-order valence-corrected chi connectivity index (χ3v) is 12.1. The minimum atomic E-state index is 1.12. The lowest BCUT2D eigenvalue weighted by molar-refractivity contribution is 1.29. The summed E-state index contributed by atoms with van der Waals surface area (Å²) in [5, 5.41) is 5.08. The molecule has 0 spiro atoms. The fourth-order valence-electron chi connectivity index (χ4n) is 7.50. The molecule has 0 saturated heterocycles. The van der Waals surface area contributed by atoms with Crippen LogP contribution in [0.1, 0.15) is 0 Å². The van der Waals surface area contributed by atoms with E-state index < -0.39 is 0 Å². The Morgan fingerprint density at radius 2 is 0.731 bits per heavy atom. The summed E-state index contributed by atoms with van der Waals surface area (Å²) in [7, 11) is 0. The standard InChI is InChI=1S/C48H32N2S2/c1-4-14-33(15-5-1)34-26-28-37(29-27-34)50(38-30-31-44-40(32-38)39-20-10-11-23-43(39)51-44)42-22-13-25-46-48(42)47-41(21-12-24-45(47)52-46)49(35-16-6-2-7-17-35)36-18-8-3-9-19-36/h1-32H. The van der Waals surface area contributed by atoms with Crippen molar-refractivity contribution in [3.63, 3.8) is 0 Å². The number of para-hydroxylation sites is 2. The van der Waals surface area contributed by atoms with Gasteiger partial charge in [-0.15, -0.1) is 22.7 Å². The molecule has 0 bridgehead atoms. The van der Waals surface area contributed by atoms with Crippen LogP contribution in [0.4, 0.5) is 34.1 Å². The van der Waals surface area contributed by atoms with E-state index in [4.69, 9.17) is 0 Å². The van der Waals surface area contributed by atoms with E-state index in [1.807, 2.05) is 22.7 Å². The molecular weight excluding hydrogens is 669 g/mol. The highest BCUT2D eigenvalue weighted by molar-refractivity contribution is 7.26. The topological polar surface area (TPSA) is 6.48 Å². The molecule has 10 rings (SSSR count). The van der Waals surface area contributed by atoms with E-state index in [1.54, 1.807) is 0 Å². The van der Waals surface area contributed by atoms with Crippen LogP contribution in [0.25, 0.3) is 51.5 Å². The molecule has 0 fully saturated rings. The van der Waals surface area contributed by atoms with Crippen molar-refractivity contribution >= 4 is 97.1 Å². The monoisotopic (exact) mass is 700 g/mol. The van der Waals surface area contributed by atoms with Crippen molar-refractivity contribution < 1.29 is 0 Å². The molecule has 0 aliphatic rings. The Balaban J connectivity index is 1.24. The highest BCUT2D eigenvalue weighted by Gasteiger charge is 2.23. The number of hydrogen-bond donors (Lipinski definition) is 0. The van der Waals surface area contributed by atoms with Gasteiger partial charge in [-0.05, 0) is 96.1 Å². The van der Waals surface area contributed by atoms with Crippen LogP contribution in [0.15, 0.2) is 194 Å². The van der Waals surface area contributed by atoms with Crippen molar-refractivity contribution in [3.05, 3.63) is 194 Å². The van der Waals surface area contributed by atoms with E-state index in [9.17, 15) is 0 Å². The number of benzene rings is 8. The summed E-state index contributed by atoms with van der Waals surface area (Å²) < 4.78 is 5.13. The Morgan fingerprint density at radius 3 is 1.37 bits per heavy atom. The maximum Gasteiger partial charge on any atom is 0.0555 e. The van der Waals surface area contributed by atoms with Gasteiger partial charge in [0.1, 0.15) is 0 Å². The lowest BCUT2D eigenvalue weighted by atomic mass is 10.0. The lowest BCUT2D eigenvalue weighted by Gasteiger charge is -2.29. The number of fused-ring (bicyclic) bond motifs is 6. The van der Waals surface area contributed by atoms with E-state index in [-0.39, 0.29) is 0 Å². The van der Waals surface area contributed by atoms with E-state index in [2.05, 4.69) is 204 Å². The van der Waals surface area contributed by atoms with Crippen molar-refractivity contribution in [3.8, 4) is 11.1 Å². The minimum absolute atomic E-state index is 1.12. The van der Waals surface area contributed by atoms with E-state index >= 15 is 0 Å². The molecule has 2 heterocycles. The lowest BCUT2D eigenvalue weighted by Crippen LogP contribution is -2.11. The zero-order valence-corrected chi connectivity index (χ0v) is 29.8. The first-order valence-electron chi connectivity index (χ1n) is 17.5. The second kappa shape index (κ2) is 12.8. The molecule has 0 radical (unpaired) electrons. The first-order valence-corrected chi connectivity index (χ1v) is 19.1. The van der Waals surface area contributed by atoms with Gasteiger partial charge in [0.15, 0.2) is 0 Å². The van der Waals surface area contributed by atoms with Crippen LogP contribution in [0, 0.1) is 0 Å².